The largest absolute Gasteiger partial charge is 0.450 e. The van der Waals surface area contributed by atoms with Crippen molar-refractivity contribution >= 4 is 22.5 Å². The third-order valence-corrected chi connectivity index (χ3v) is 3.65. The lowest BCUT2D eigenvalue weighted by Gasteiger charge is -2.16. The Kier molecular flexibility index (Phi) is 4.46. The predicted octanol–water partition coefficient (Wildman–Crippen LogP) is 3.94. The second-order valence-electron chi connectivity index (χ2n) is 5.51. The molecular weight excluding hydrogens is 290 g/mol. The minimum atomic E-state index is -0.0783. The molecule has 0 radical (unpaired) electrons. The number of nitrogens with one attached hydrogen (secondary N) is 2. The summed E-state index contributed by atoms with van der Waals surface area (Å²) in [6.45, 7) is 5.64. The zero-order valence-corrected chi connectivity index (χ0v) is 13.5. The topological polar surface area (TPSA) is 67.2 Å². The lowest BCUT2D eigenvalue weighted by molar-refractivity contribution is 0.614. The van der Waals surface area contributed by atoms with Crippen LogP contribution in [0.15, 0.2) is 39.5 Å². The lowest BCUT2D eigenvalue weighted by atomic mass is 10.1. The van der Waals surface area contributed by atoms with Crippen molar-refractivity contribution in [3.05, 3.63) is 40.6 Å². The Morgan fingerprint density at radius 1 is 1.09 bits per heavy atom. The highest BCUT2D eigenvalue weighted by Crippen LogP contribution is 2.34. The fourth-order valence-electron chi connectivity index (χ4n) is 2.51. The molecule has 5 nitrogen and oxygen atoms in total. The van der Waals surface area contributed by atoms with E-state index in [-0.39, 0.29) is 5.43 Å². The molecule has 23 heavy (non-hydrogen) atoms. The molecule has 1 heterocycles. The van der Waals surface area contributed by atoms with Gasteiger partial charge in [-0.2, -0.15) is 0 Å². The second-order valence-corrected chi connectivity index (χ2v) is 5.51. The highest BCUT2D eigenvalue weighted by molar-refractivity contribution is 5.87. The molecule has 1 aromatic rings. The van der Waals surface area contributed by atoms with Gasteiger partial charge in [0.25, 0.3) is 0 Å². The number of fused-ring (bicyclic) bond motifs is 2. The normalized spacial score (nSPS) is 11.0. The lowest BCUT2D eigenvalue weighted by Crippen LogP contribution is -2.16. The minimum Gasteiger partial charge on any atom is -0.450 e. The Hall–Kier alpha value is -2.56. The summed E-state index contributed by atoms with van der Waals surface area (Å²) in [5, 5.41) is 6.46. The molecule has 120 valence electrons. The molecule has 0 fully saturated rings. The maximum absolute atomic E-state index is 12.5. The number of hydrogen-bond acceptors (Lipinski definition) is 5. The van der Waals surface area contributed by atoms with Crippen LogP contribution in [0.5, 0.6) is 0 Å². The van der Waals surface area contributed by atoms with Gasteiger partial charge in [-0.3, -0.25) is 4.79 Å². The third-order valence-electron chi connectivity index (χ3n) is 3.65. The fraction of sp³-hybridized carbons (Fsp3) is 0.333. The quantitative estimate of drug-likeness (QED) is 0.675. The van der Waals surface area contributed by atoms with E-state index in [4.69, 9.17) is 9.40 Å². The van der Waals surface area contributed by atoms with Crippen molar-refractivity contribution in [2.45, 2.75) is 26.7 Å². The van der Waals surface area contributed by atoms with Gasteiger partial charge in [-0.05, 0) is 25.0 Å². The molecule has 0 unspecified atom stereocenters. The van der Waals surface area contributed by atoms with Gasteiger partial charge in [-0.1, -0.05) is 26.0 Å². The van der Waals surface area contributed by atoms with Crippen molar-refractivity contribution in [2.24, 2.45) is 0 Å². The Morgan fingerprint density at radius 2 is 1.83 bits per heavy atom. The average Bonchev–Trinajstić information content (AvgIpc) is 2.57. The van der Waals surface area contributed by atoms with Gasteiger partial charge in [0.05, 0.1) is 5.69 Å². The summed E-state index contributed by atoms with van der Waals surface area (Å²) in [6.07, 6.45) is 1.90. The summed E-state index contributed by atoms with van der Waals surface area (Å²) in [7, 11) is 0. The maximum atomic E-state index is 12.5. The monoisotopic (exact) mass is 311 g/mol. The van der Waals surface area contributed by atoms with Crippen LogP contribution in [0, 0.1) is 0 Å². The molecule has 2 aliphatic rings. The van der Waals surface area contributed by atoms with E-state index in [0.717, 1.165) is 30.6 Å². The average molecular weight is 311 g/mol. The maximum Gasteiger partial charge on any atom is 0.207 e. The molecule has 0 atom stereocenters. The number of para-hydroxylation sites is 2. The first-order chi connectivity index (χ1) is 11.2. The first-order valence-electron chi connectivity index (χ1n) is 8.09. The summed E-state index contributed by atoms with van der Waals surface area (Å²) >= 11 is 0. The Morgan fingerprint density at radius 3 is 2.61 bits per heavy atom. The SMILES string of the molecule is CCCNc1cc(=O)c(NCCC)c2oc3ccccc3nc1-2. The Balaban J connectivity index is 2.25. The smallest absolute Gasteiger partial charge is 0.207 e. The first-order valence-corrected chi connectivity index (χ1v) is 8.09. The van der Waals surface area contributed by atoms with Crippen LogP contribution in [0.1, 0.15) is 26.7 Å². The molecule has 1 aliphatic heterocycles. The Bertz CT molecular complexity index is 841. The molecule has 3 rings (SSSR count). The molecule has 0 saturated carbocycles. The molecular formula is C18H21N3O2. The van der Waals surface area contributed by atoms with E-state index < -0.39 is 0 Å². The number of nitrogens with zero attached hydrogens (tertiary/aromatic N) is 1. The van der Waals surface area contributed by atoms with Gasteiger partial charge in [0.1, 0.15) is 16.9 Å². The van der Waals surface area contributed by atoms with Gasteiger partial charge in [0, 0.05) is 19.2 Å². The van der Waals surface area contributed by atoms with Crippen LogP contribution in [-0.2, 0) is 0 Å². The third kappa shape index (κ3) is 2.99. The molecule has 0 spiro atoms. The van der Waals surface area contributed by atoms with E-state index in [2.05, 4.69) is 24.5 Å². The van der Waals surface area contributed by atoms with Crippen molar-refractivity contribution in [3.63, 3.8) is 0 Å². The van der Waals surface area contributed by atoms with E-state index >= 15 is 0 Å². The van der Waals surface area contributed by atoms with E-state index in [1.54, 1.807) is 6.07 Å². The van der Waals surface area contributed by atoms with Crippen molar-refractivity contribution in [3.8, 4) is 11.5 Å². The number of benzene rings is 2. The summed E-state index contributed by atoms with van der Waals surface area (Å²) < 4.78 is 6.01. The van der Waals surface area contributed by atoms with Gasteiger partial charge in [0.2, 0.25) is 5.43 Å². The van der Waals surface area contributed by atoms with E-state index in [1.165, 1.54) is 0 Å². The van der Waals surface area contributed by atoms with Crippen LogP contribution in [0.3, 0.4) is 0 Å². The first kappa shape index (κ1) is 15.3. The molecule has 5 heteroatoms. The van der Waals surface area contributed by atoms with Crippen molar-refractivity contribution in [1.82, 2.24) is 4.98 Å². The van der Waals surface area contributed by atoms with Gasteiger partial charge >= 0.3 is 0 Å². The number of aromatic nitrogens is 1. The molecule has 0 aromatic heterocycles. The second kappa shape index (κ2) is 6.69. The van der Waals surface area contributed by atoms with Gasteiger partial charge in [-0.15, -0.1) is 0 Å². The summed E-state index contributed by atoms with van der Waals surface area (Å²) in [4.78, 5) is 17.2. The minimum absolute atomic E-state index is 0.0783. The zero-order valence-electron chi connectivity index (χ0n) is 13.5. The molecule has 2 N–H and O–H groups in total. The summed E-state index contributed by atoms with van der Waals surface area (Å²) in [5.41, 5.74) is 3.28. The molecule has 1 aliphatic carbocycles. The van der Waals surface area contributed by atoms with Crippen LogP contribution >= 0.6 is 0 Å². The predicted molar refractivity (Wildman–Crippen MR) is 94.5 cm³/mol. The van der Waals surface area contributed by atoms with Crippen LogP contribution in [-0.4, -0.2) is 18.1 Å². The Labute approximate surface area is 135 Å². The van der Waals surface area contributed by atoms with Crippen molar-refractivity contribution in [2.75, 3.05) is 23.7 Å². The molecule has 1 aromatic carbocycles. The van der Waals surface area contributed by atoms with E-state index in [0.29, 0.717) is 29.3 Å². The van der Waals surface area contributed by atoms with Crippen LogP contribution < -0.4 is 16.1 Å². The van der Waals surface area contributed by atoms with E-state index in [1.807, 2.05) is 24.3 Å². The highest BCUT2D eigenvalue weighted by atomic mass is 16.3. The van der Waals surface area contributed by atoms with Crippen molar-refractivity contribution in [1.29, 1.82) is 0 Å². The van der Waals surface area contributed by atoms with Gasteiger partial charge in [0.15, 0.2) is 11.3 Å². The molecule has 0 saturated heterocycles. The standard InChI is InChI=1S/C18H21N3O2/c1-3-9-19-13-11-14(22)17(20-10-4-2)18-16(13)21-12-7-5-6-8-15(12)23-18/h5-8,11,19-20H,3-4,9-10H2,1-2H3. The molecule has 0 amide bonds. The number of rotatable bonds is 6. The van der Waals surface area contributed by atoms with Gasteiger partial charge < -0.3 is 15.1 Å². The molecule has 0 bridgehead atoms. The fourth-order valence-corrected chi connectivity index (χ4v) is 2.51. The number of anilines is 2. The summed E-state index contributed by atoms with van der Waals surface area (Å²) in [5.74, 6) is 0.517. The van der Waals surface area contributed by atoms with Crippen LogP contribution in [0.2, 0.25) is 0 Å². The summed E-state index contributed by atoms with van der Waals surface area (Å²) in [6, 6.07) is 9.20. The van der Waals surface area contributed by atoms with E-state index in [9.17, 15) is 4.79 Å². The van der Waals surface area contributed by atoms with Crippen LogP contribution in [0.4, 0.5) is 11.4 Å². The zero-order chi connectivity index (χ0) is 16.2. The van der Waals surface area contributed by atoms with Crippen molar-refractivity contribution < 1.29 is 4.42 Å². The van der Waals surface area contributed by atoms with Crippen LogP contribution in [0.25, 0.3) is 22.6 Å². The number of hydrogen-bond donors (Lipinski definition) is 2. The van der Waals surface area contributed by atoms with Gasteiger partial charge in [-0.25, -0.2) is 4.98 Å². The highest BCUT2D eigenvalue weighted by Gasteiger charge is 2.21.